The zero-order valence-electron chi connectivity index (χ0n) is 11.5. The number of nitrogens with one attached hydrogen (secondary N) is 1. The minimum absolute atomic E-state index is 0.413. The molecule has 1 N–H and O–H groups in total. The van der Waals surface area contributed by atoms with Crippen LogP contribution in [0.3, 0.4) is 0 Å². The van der Waals surface area contributed by atoms with Gasteiger partial charge >= 0.3 is 0 Å². The Hall–Kier alpha value is -0.540. The predicted octanol–water partition coefficient (Wildman–Crippen LogP) is 3.29. The molecule has 0 spiro atoms. The van der Waals surface area contributed by atoms with Crippen molar-refractivity contribution in [1.82, 2.24) is 15.1 Å². The van der Waals surface area contributed by atoms with Crippen LogP contribution in [0.25, 0.3) is 0 Å². The van der Waals surface area contributed by atoms with Gasteiger partial charge in [-0.3, -0.25) is 4.68 Å². The van der Waals surface area contributed by atoms with E-state index in [0.29, 0.717) is 17.9 Å². The van der Waals surface area contributed by atoms with Crippen molar-refractivity contribution in [3.05, 3.63) is 16.9 Å². The Morgan fingerprint density at radius 1 is 1.35 bits per heavy atom. The maximum absolute atomic E-state index is 6.22. The summed E-state index contributed by atoms with van der Waals surface area (Å²) in [6, 6.07) is 0.524. The van der Waals surface area contributed by atoms with Crippen LogP contribution in [0.1, 0.15) is 46.2 Å². The third kappa shape index (κ3) is 3.71. The zero-order chi connectivity index (χ0) is 13.0. The number of aromatic nitrogens is 2. The average molecular weight is 258 g/mol. The SMILES string of the molecule is CCn1ncc(Cl)c1C(C)C(C)CNC(C)C. The molecule has 2 atom stereocenters. The van der Waals surface area contributed by atoms with Crippen molar-refractivity contribution in [2.75, 3.05) is 6.54 Å². The summed E-state index contributed by atoms with van der Waals surface area (Å²) in [6.07, 6.45) is 1.75. The Bertz CT molecular complexity index is 346. The second kappa shape index (κ2) is 6.41. The first-order chi connectivity index (χ1) is 7.97. The summed E-state index contributed by atoms with van der Waals surface area (Å²) in [4.78, 5) is 0. The van der Waals surface area contributed by atoms with Crippen molar-refractivity contribution in [2.24, 2.45) is 5.92 Å². The molecule has 17 heavy (non-hydrogen) atoms. The van der Waals surface area contributed by atoms with Crippen LogP contribution >= 0.6 is 11.6 Å². The van der Waals surface area contributed by atoms with Gasteiger partial charge in [-0.15, -0.1) is 0 Å². The van der Waals surface area contributed by atoms with Crippen LogP contribution in [0.4, 0.5) is 0 Å². The van der Waals surface area contributed by atoms with Gasteiger partial charge in [0.2, 0.25) is 0 Å². The van der Waals surface area contributed by atoms with E-state index in [2.05, 4.69) is 45.0 Å². The fraction of sp³-hybridized carbons (Fsp3) is 0.769. The zero-order valence-corrected chi connectivity index (χ0v) is 12.3. The molecule has 0 aliphatic rings. The van der Waals surface area contributed by atoms with Gasteiger partial charge in [0.05, 0.1) is 16.9 Å². The monoisotopic (exact) mass is 257 g/mol. The first kappa shape index (κ1) is 14.5. The molecule has 0 aliphatic carbocycles. The molecule has 0 aliphatic heterocycles. The minimum atomic E-state index is 0.413. The molecule has 3 nitrogen and oxygen atoms in total. The van der Waals surface area contributed by atoms with E-state index < -0.39 is 0 Å². The Balaban J connectivity index is 2.73. The van der Waals surface area contributed by atoms with Crippen LogP contribution < -0.4 is 5.32 Å². The molecule has 0 saturated heterocycles. The molecule has 1 rings (SSSR count). The second-order valence-electron chi connectivity index (χ2n) is 5.02. The van der Waals surface area contributed by atoms with Gasteiger partial charge in [-0.25, -0.2) is 0 Å². The molecule has 1 heterocycles. The third-order valence-corrected chi connectivity index (χ3v) is 3.56. The first-order valence-electron chi connectivity index (χ1n) is 6.41. The second-order valence-corrected chi connectivity index (χ2v) is 5.43. The van der Waals surface area contributed by atoms with Crippen molar-refractivity contribution in [3.8, 4) is 0 Å². The standard InChI is InChI=1S/C13H24ClN3/c1-6-17-13(12(14)8-16-17)11(5)10(4)7-15-9(2)3/h8-11,15H,6-7H2,1-5H3. The molecule has 2 unspecified atom stereocenters. The van der Waals surface area contributed by atoms with Gasteiger partial charge in [0.15, 0.2) is 0 Å². The summed E-state index contributed by atoms with van der Waals surface area (Å²) in [5.41, 5.74) is 1.16. The third-order valence-electron chi connectivity index (χ3n) is 3.27. The summed E-state index contributed by atoms with van der Waals surface area (Å²) < 4.78 is 2.00. The average Bonchev–Trinajstić information content (AvgIpc) is 2.66. The lowest BCUT2D eigenvalue weighted by atomic mass is 9.92. The highest BCUT2D eigenvalue weighted by atomic mass is 35.5. The highest BCUT2D eigenvalue weighted by molar-refractivity contribution is 6.31. The van der Waals surface area contributed by atoms with Gasteiger partial charge in [0.25, 0.3) is 0 Å². The van der Waals surface area contributed by atoms with E-state index in [0.717, 1.165) is 23.8 Å². The van der Waals surface area contributed by atoms with Gasteiger partial charge < -0.3 is 5.32 Å². The van der Waals surface area contributed by atoms with E-state index in [4.69, 9.17) is 11.6 Å². The van der Waals surface area contributed by atoms with Crippen LogP contribution in [0.15, 0.2) is 6.20 Å². The smallest absolute Gasteiger partial charge is 0.0820 e. The molecule has 0 aromatic carbocycles. The quantitative estimate of drug-likeness (QED) is 0.848. The van der Waals surface area contributed by atoms with Crippen molar-refractivity contribution in [1.29, 1.82) is 0 Å². The number of aryl methyl sites for hydroxylation is 1. The van der Waals surface area contributed by atoms with E-state index in [1.165, 1.54) is 0 Å². The molecule has 0 radical (unpaired) electrons. The normalized spacial score (nSPS) is 15.2. The fourth-order valence-electron chi connectivity index (χ4n) is 1.94. The molecule has 0 saturated carbocycles. The summed E-state index contributed by atoms with van der Waals surface area (Å²) in [5.74, 6) is 0.952. The molecular formula is C13H24ClN3. The molecule has 0 fully saturated rings. The largest absolute Gasteiger partial charge is 0.314 e. The maximum Gasteiger partial charge on any atom is 0.0820 e. The van der Waals surface area contributed by atoms with Gasteiger partial charge in [0, 0.05) is 18.5 Å². The number of hydrogen-bond donors (Lipinski definition) is 1. The number of halogens is 1. The Kier molecular flexibility index (Phi) is 5.47. The van der Waals surface area contributed by atoms with Crippen molar-refractivity contribution < 1.29 is 0 Å². The molecule has 4 heteroatoms. The highest BCUT2D eigenvalue weighted by Gasteiger charge is 2.21. The molecule has 0 amide bonds. The van der Waals surface area contributed by atoms with Crippen LogP contribution in [0.5, 0.6) is 0 Å². The van der Waals surface area contributed by atoms with Crippen molar-refractivity contribution in [2.45, 2.75) is 53.1 Å². The van der Waals surface area contributed by atoms with E-state index >= 15 is 0 Å². The summed E-state index contributed by atoms with van der Waals surface area (Å²) in [5, 5.41) is 8.56. The summed E-state index contributed by atoms with van der Waals surface area (Å²) >= 11 is 6.22. The lowest BCUT2D eigenvalue weighted by Crippen LogP contribution is -2.30. The molecule has 0 bridgehead atoms. The van der Waals surface area contributed by atoms with Crippen LogP contribution in [0, 0.1) is 5.92 Å². The first-order valence-corrected chi connectivity index (χ1v) is 6.79. The predicted molar refractivity (Wildman–Crippen MR) is 73.6 cm³/mol. The van der Waals surface area contributed by atoms with Crippen LogP contribution in [-0.2, 0) is 6.54 Å². The highest BCUT2D eigenvalue weighted by Crippen LogP contribution is 2.29. The number of nitrogens with zero attached hydrogens (tertiary/aromatic N) is 2. The van der Waals surface area contributed by atoms with Gasteiger partial charge in [-0.1, -0.05) is 39.3 Å². The van der Waals surface area contributed by atoms with E-state index in [1.54, 1.807) is 6.20 Å². The van der Waals surface area contributed by atoms with E-state index in [-0.39, 0.29) is 0 Å². The molecule has 98 valence electrons. The summed E-state index contributed by atoms with van der Waals surface area (Å²) in [6.45, 7) is 12.8. The Morgan fingerprint density at radius 2 is 2.00 bits per heavy atom. The van der Waals surface area contributed by atoms with Crippen molar-refractivity contribution in [3.63, 3.8) is 0 Å². The lowest BCUT2D eigenvalue weighted by Gasteiger charge is -2.22. The number of hydrogen-bond acceptors (Lipinski definition) is 2. The van der Waals surface area contributed by atoms with Gasteiger partial charge in [-0.05, 0) is 19.4 Å². The molecule has 1 aromatic heterocycles. The van der Waals surface area contributed by atoms with Crippen molar-refractivity contribution >= 4 is 11.6 Å². The Morgan fingerprint density at radius 3 is 2.53 bits per heavy atom. The molecular weight excluding hydrogens is 234 g/mol. The van der Waals surface area contributed by atoms with Gasteiger partial charge in [0.1, 0.15) is 0 Å². The summed E-state index contributed by atoms with van der Waals surface area (Å²) in [7, 11) is 0. The van der Waals surface area contributed by atoms with E-state index in [1.807, 2.05) is 4.68 Å². The minimum Gasteiger partial charge on any atom is -0.314 e. The van der Waals surface area contributed by atoms with E-state index in [9.17, 15) is 0 Å². The Labute approximate surface area is 110 Å². The fourth-order valence-corrected chi connectivity index (χ4v) is 2.26. The lowest BCUT2D eigenvalue weighted by molar-refractivity contribution is 0.407. The topological polar surface area (TPSA) is 29.9 Å². The van der Waals surface area contributed by atoms with Gasteiger partial charge in [-0.2, -0.15) is 5.10 Å². The maximum atomic E-state index is 6.22. The number of rotatable bonds is 6. The molecule has 1 aromatic rings. The van der Waals surface area contributed by atoms with Crippen LogP contribution in [-0.4, -0.2) is 22.4 Å². The van der Waals surface area contributed by atoms with Crippen LogP contribution in [0.2, 0.25) is 5.02 Å².